The van der Waals surface area contributed by atoms with Crippen molar-refractivity contribution in [3.63, 3.8) is 0 Å². The second-order valence-electron chi connectivity index (χ2n) is 10.1. The molecule has 1 atom stereocenters. The third-order valence-electron chi connectivity index (χ3n) is 5.97. The first-order chi connectivity index (χ1) is 16.8. The zero-order chi connectivity index (χ0) is 26.4. The van der Waals surface area contributed by atoms with Crippen LogP contribution in [0, 0.1) is 17.2 Å². The lowest BCUT2D eigenvalue weighted by Gasteiger charge is -2.40. The molecule has 1 aliphatic rings. The van der Waals surface area contributed by atoms with E-state index in [2.05, 4.69) is 9.97 Å². The molecule has 0 radical (unpaired) electrons. The van der Waals surface area contributed by atoms with Crippen molar-refractivity contribution < 1.29 is 28.2 Å². The van der Waals surface area contributed by atoms with Gasteiger partial charge in [0.05, 0.1) is 17.8 Å². The third kappa shape index (κ3) is 4.60. The molecule has 3 aromatic rings. The molecule has 0 saturated carbocycles. The molecule has 0 bridgehead atoms. The molecule has 1 amide bonds. The summed E-state index contributed by atoms with van der Waals surface area (Å²) in [6, 6.07) is 7.47. The minimum atomic E-state index is -1.20. The summed E-state index contributed by atoms with van der Waals surface area (Å²) in [4.78, 5) is 33.7. The number of carbonyl (C=O) groups is 1. The number of rotatable bonds is 5. The van der Waals surface area contributed by atoms with E-state index in [1.165, 1.54) is 28.8 Å². The largest absolute Gasteiger partial charge is 0.473 e. The van der Waals surface area contributed by atoms with Gasteiger partial charge in [0.2, 0.25) is 11.8 Å². The standard InChI is InChI=1S/C25H26F2N4O5/c1-24(2,3)21-25(4,5)31(23(33)34)20-11-19(29-22(32)30(20)21)35-13-14-6-8-17(16(26)10-14)36-15-7-9-18(27)28-12-15/h6-12,21H,13H2,1-5H3,(H,33,34). The Bertz CT molecular complexity index is 1370. The van der Waals surface area contributed by atoms with Crippen LogP contribution >= 0.6 is 0 Å². The molecule has 2 aromatic heterocycles. The van der Waals surface area contributed by atoms with Gasteiger partial charge in [0, 0.05) is 6.07 Å². The maximum Gasteiger partial charge on any atom is 0.413 e. The molecule has 3 heterocycles. The number of amides is 1. The predicted octanol–water partition coefficient (Wildman–Crippen LogP) is 5.15. The predicted molar refractivity (Wildman–Crippen MR) is 127 cm³/mol. The Kier molecular flexibility index (Phi) is 6.19. The van der Waals surface area contributed by atoms with Gasteiger partial charge in [0.1, 0.15) is 18.2 Å². The number of benzene rings is 1. The maximum atomic E-state index is 14.5. The van der Waals surface area contributed by atoms with Crippen molar-refractivity contribution in [1.82, 2.24) is 14.5 Å². The molecule has 36 heavy (non-hydrogen) atoms. The van der Waals surface area contributed by atoms with Gasteiger partial charge in [-0.2, -0.15) is 9.37 Å². The van der Waals surface area contributed by atoms with Crippen LogP contribution < -0.4 is 20.1 Å². The van der Waals surface area contributed by atoms with Crippen molar-refractivity contribution >= 4 is 11.9 Å². The van der Waals surface area contributed by atoms with Gasteiger partial charge in [-0.05, 0) is 49.1 Å². The van der Waals surface area contributed by atoms with Crippen LogP contribution in [0.25, 0.3) is 0 Å². The van der Waals surface area contributed by atoms with Crippen molar-refractivity contribution in [3.8, 4) is 17.4 Å². The third-order valence-corrected chi connectivity index (χ3v) is 5.97. The van der Waals surface area contributed by atoms with Gasteiger partial charge in [0.25, 0.3) is 0 Å². The van der Waals surface area contributed by atoms with Crippen LogP contribution in [-0.4, -0.2) is 31.3 Å². The number of nitrogens with zero attached hydrogens (tertiary/aromatic N) is 4. The van der Waals surface area contributed by atoms with E-state index in [0.717, 1.165) is 17.2 Å². The van der Waals surface area contributed by atoms with Gasteiger partial charge in [-0.25, -0.2) is 19.0 Å². The Morgan fingerprint density at radius 2 is 1.89 bits per heavy atom. The number of hydrogen-bond acceptors (Lipinski definition) is 6. The minimum Gasteiger partial charge on any atom is -0.473 e. The normalized spacial score (nSPS) is 16.5. The fourth-order valence-electron chi connectivity index (χ4n) is 4.90. The van der Waals surface area contributed by atoms with Crippen LogP contribution in [0.2, 0.25) is 0 Å². The topological polar surface area (TPSA) is 107 Å². The summed E-state index contributed by atoms with van der Waals surface area (Å²) in [6.45, 7) is 9.18. The molecule has 0 saturated heterocycles. The molecule has 1 aromatic carbocycles. The van der Waals surface area contributed by atoms with Crippen LogP contribution in [0.5, 0.6) is 17.4 Å². The van der Waals surface area contributed by atoms with E-state index < -0.39 is 40.5 Å². The van der Waals surface area contributed by atoms with Gasteiger partial charge < -0.3 is 14.6 Å². The molecule has 0 spiro atoms. The minimum absolute atomic E-state index is 0.0824. The van der Waals surface area contributed by atoms with Gasteiger partial charge >= 0.3 is 11.8 Å². The van der Waals surface area contributed by atoms with E-state index >= 15 is 0 Å². The molecule has 11 heteroatoms. The number of halogens is 2. The summed E-state index contributed by atoms with van der Waals surface area (Å²) in [7, 11) is 0. The molecular formula is C25H26F2N4O5. The number of pyridine rings is 1. The molecule has 1 N–H and O–H groups in total. The van der Waals surface area contributed by atoms with Gasteiger partial charge in [-0.15, -0.1) is 0 Å². The Balaban J connectivity index is 1.57. The summed E-state index contributed by atoms with van der Waals surface area (Å²) >= 11 is 0. The second-order valence-corrected chi connectivity index (χ2v) is 10.1. The number of carboxylic acid groups (broad SMARTS) is 1. The molecular weight excluding hydrogens is 474 g/mol. The maximum absolute atomic E-state index is 14.5. The molecule has 9 nitrogen and oxygen atoms in total. The van der Waals surface area contributed by atoms with E-state index in [-0.39, 0.29) is 29.8 Å². The number of aromatic nitrogens is 3. The molecule has 1 unspecified atom stereocenters. The molecule has 190 valence electrons. The average molecular weight is 501 g/mol. The van der Waals surface area contributed by atoms with Gasteiger partial charge in [0.15, 0.2) is 11.6 Å². The summed E-state index contributed by atoms with van der Waals surface area (Å²) in [5.74, 6) is -1.21. The fourth-order valence-corrected chi connectivity index (χ4v) is 4.90. The zero-order valence-corrected chi connectivity index (χ0v) is 20.5. The SMILES string of the molecule is CC(C)(C)C1n2c(cc(OCc3ccc(Oc4ccc(F)nc4)c(F)c3)nc2=O)N(C(=O)O)C1(C)C. The number of fused-ring (bicyclic) bond motifs is 1. The summed E-state index contributed by atoms with van der Waals surface area (Å²) in [6.07, 6.45) is -0.0680. The Labute approximate surface area is 205 Å². The summed E-state index contributed by atoms with van der Waals surface area (Å²) in [5.41, 5.74) is -1.58. The zero-order valence-electron chi connectivity index (χ0n) is 20.5. The van der Waals surface area contributed by atoms with E-state index in [4.69, 9.17) is 9.47 Å². The van der Waals surface area contributed by atoms with E-state index in [1.54, 1.807) is 19.9 Å². The van der Waals surface area contributed by atoms with Crippen LogP contribution in [-0.2, 0) is 6.61 Å². The van der Waals surface area contributed by atoms with Gasteiger partial charge in [-0.3, -0.25) is 9.47 Å². The lowest BCUT2D eigenvalue weighted by atomic mass is 9.76. The van der Waals surface area contributed by atoms with Crippen LogP contribution in [0.4, 0.5) is 19.4 Å². The molecule has 0 fully saturated rings. The summed E-state index contributed by atoms with van der Waals surface area (Å²) < 4.78 is 39.9. The highest BCUT2D eigenvalue weighted by Crippen LogP contribution is 2.49. The van der Waals surface area contributed by atoms with Crippen LogP contribution in [0.1, 0.15) is 46.2 Å². The van der Waals surface area contributed by atoms with Crippen molar-refractivity contribution in [1.29, 1.82) is 0 Å². The molecule has 0 aliphatic carbocycles. The molecule has 1 aliphatic heterocycles. The molecule has 4 rings (SSSR count). The van der Waals surface area contributed by atoms with E-state index in [9.17, 15) is 23.5 Å². The highest BCUT2D eigenvalue weighted by molar-refractivity contribution is 5.88. The smallest absolute Gasteiger partial charge is 0.413 e. The van der Waals surface area contributed by atoms with E-state index in [1.807, 2.05) is 20.8 Å². The van der Waals surface area contributed by atoms with Crippen molar-refractivity contribution in [2.45, 2.75) is 52.8 Å². The van der Waals surface area contributed by atoms with Crippen molar-refractivity contribution in [2.24, 2.45) is 5.41 Å². The van der Waals surface area contributed by atoms with Crippen LogP contribution in [0.15, 0.2) is 47.4 Å². The Morgan fingerprint density at radius 1 is 1.17 bits per heavy atom. The summed E-state index contributed by atoms with van der Waals surface area (Å²) in [5, 5.41) is 9.92. The van der Waals surface area contributed by atoms with E-state index in [0.29, 0.717) is 5.56 Å². The van der Waals surface area contributed by atoms with Crippen molar-refractivity contribution in [2.75, 3.05) is 4.90 Å². The Hall–Kier alpha value is -4.02. The fraction of sp³-hybridized carbons (Fsp3) is 0.360. The number of ether oxygens (including phenoxy) is 2. The quantitative estimate of drug-likeness (QED) is 0.483. The highest BCUT2D eigenvalue weighted by atomic mass is 19.1. The second kappa shape index (κ2) is 8.89. The average Bonchev–Trinajstić information content (AvgIpc) is 3.02. The number of hydrogen-bond donors (Lipinski definition) is 1. The lowest BCUT2D eigenvalue weighted by Crippen LogP contribution is -2.50. The van der Waals surface area contributed by atoms with Crippen LogP contribution in [0.3, 0.4) is 0 Å². The lowest BCUT2D eigenvalue weighted by molar-refractivity contribution is 0.160. The first kappa shape index (κ1) is 25.1. The van der Waals surface area contributed by atoms with Crippen molar-refractivity contribution in [3.05, 3.63) is 70.4 Å². The Morgan fingerprint density at radius 3 is 2.47 bits per heavy atom. The monoisotopic (exact) mass is 500 g/mol. The first-order valence-corrected chi connectivity index (χ1v) is 11.2. The van der Waals surface area contributed by atoms with Gasteiger partial charge in [-0.1, -0.05) is 26.8 Å². The number of anilines is 1. The first-order valence-electron chi connectivity index (χ1n) is 11.2. The highest BCUT2D eigenvalue weighted by Gasteiger charge is 2.53.